The minimum Gasteiger partial charge on any atom is -0.469 e. The quantitative estimate of drug-likeness (QED) is 0.580. The van der Waals surface area contributed by atoms with E-state index >= 15 is 0 Å². The van der Waals surface area contributed by atoms with Crippen LogP contribution < -0.4 is 4.90 Å². The molecular weight excluding hydrogens is 336 g/mol. The van der Waals surface area contributed by atoms with Gasteiger partial charge in [0.15, 0.2) is 6.29 Å². The first-order valence-electron chi connectivity index (χ1n) is 7.10. The van der Waals surface area contributed by atoms with E-state index in [1.54, 1.807) is 12.3 Å². The minimum absolute atomic E-state index is 0.171. The molecule has 0 bridgehead atoms. The van der Waals surface area contributed by atoms with Gasteiger partial charge in [0.2, 0.25) is 0 Å². The summed E-state index contributed by atoms with van der Waals surface area (Å²) < 4.78 is 5.46. The Labute approximate surface area is 132 Å². The summed E-state index contributed by atoms with van der Waals surface area (Å²) in [6.45, 7) is 0.901. The third-order valence-electron chi connectivity index (χ3n) is 3.78. The fourth-order valence-corrected chi connectivity index (χ4v) is 3.12. The number of pyridine rings is 1. The van der Waals surface area contributed by atoms with Gasteiger partial charge in [0, 0.05) is 29.7 Å². The Morgan fingerprint density at radius 3 is 3.14 bits per heavy atom. The van der Waals surface area contributed by atoms with Crippen molar-refractivity contribution in [3.05, 3.63) is 22.3 Å². The summed E-state index contributed by atoms with van der Waals surface area (Å²) >= 11 is 3.34. The summed E-state index contributed by atoms with van der Waals surface area (Å²) in [5, 5.41) is 0. The molecule has 114 valence electrons. The second-order valence-electron chi connectivity index (χ2n) is 5.14. The summed E-state index contributed by atoms with van der Waals surface area (Å²) in [6, 6.07) is 2.13. The number of esters is 1. The number of aromatic nitrogens is 1. The lowest BCUT2D eigenvalue weighted by Crippen LogP contribution is -2.31. The van der Waals surface area contributed by atoms with Crippen LogP contribution in [0.3, 0.4) is 0 Å². The van der Waals surface area contributed by atoms with Crippen molar-refractivity contribution in [1.82, 2.24) is 4.98 Å². The Hall–Kier alpha value is -1.43. The lowest BCUT2D eigenvalue weighted by molar-refractivity contribution is -0.140. The van der Waals surface area contributed by atoms with Crippen molar-refractivity contribution in [3.63, 3.8) is 0 Å². The monoisotopic (exact) mass is 354 g/mol. The number of halogens is 1. The first kappa shape index (κ1) is 15.9. The third kappa shape index (κ3) is 4.03. The maximum atomic E-state index is 11.2. The van der Waals surface area contributed by atoms with Crippen LogP contribution in [-0.4, -0.2) is 36.9 Å². The molecule has 21 heavy (non-hydrogen) atoms. The van der Waals surface area contributed by atoms with Gasteiger partial charge in [-0.1, -0.05) is 0 Å². The third-order valence-corrected chi connectivity index (χ3v) is 4.22. The van der Waals surface area contributed by atoms with E-state index < -0.39 is 0 Å². The molecule has 2 heterocycles. The van der Waals surface area contributed by atoms with Crippen LogP contribution in [0.15, 0.2) is 16.7 Å². The number of rotatable bonds is 6. The topological polar surface area (TPSA) is 59.5 Å². The van der Waals surface area contributed by atoms with Gasteiger partial charge < -0.3 is 9.64 Å². The van der Waals surface area contributed by atoms with Gasteiger partial charge in [0.25, 0.3) is 0 Å². The molecule has 6 heteroatoms. The zero-order valence-corrected chi connectivity index (χ0v) is 13.6. The molecule has 0 aliphatic carbocycles. The smallest absolute Gasteiger partial charge is 0.305 e. The molecule has 5 nitrogen and oxygen atoms in total. The Bertz CT molecular complexity index is 522. The fraction of sp³-hybridized carbons (Fsp3) is 0.533. The molecule has 1 aromatic rings. The van der Waals surface area contributed by atoms with Crippen molar-refractivity contribution < 1.29 is 14.3 Å². The van der Waals surface area contributed by atoms with Crippen molar-refractivity contribution in [1.29, 1.82) is 0 Å². The number of nitrogens with zero attached hydrogens (tertiary/aromatic N) is 2. The van der Waals surface area contributed by atoms with E-state index in [1.165, 1.54) is 7.11 Å². The highest BCUT2D eigenvalue weighted by Crippen LogP contribution is 2.30. The molecule has 0 amide bonds. The molecule has 1 fully saturated rings. The van der Waals surface area contributed by atoms with Gasteiger partial charge >= 0.3 is 5.97 Å². The zero-order chi connectivity index (χ0) is 15.2. The number of carbonyl (C=O) groups is 2. The maximum absolute atomic E-state index is 11.2. The largest absolute Gasteiger partial charge is 0.469 e. The second kappa shape index (κ2) is 7.54. The summed E-state index contributed by atoms with van der Waals surface area (Å²) in [5.41, 5.74) is 0.601. The number of hydrogen-bond acceptors (Lipinski definition) is 5. The Morgan fingerprint density at radius 2 is 2.43 bits per heavy atom. The number of methoxy groups -OCH3 is 1. The van der Waals surface area contributed by atoms with Crippen molar-refractivity contribution in [2.75, 3.05) is 18.6 Å². The molecule has 0 N–H and O–H groups in total. The fourth-order valence-electron chi connectivity index (χ4n) is 2.77. The van der Waals surface area contributed by atoms with E-state index in [1.807, 2.05) is 0 Å². The van der Waals surface area contributed by atoms with E-state index in [2.05, 4.69) is 30.6 Å². The minimum atomic E-state index is -0.171. The number of anilines is 1. The summed E-state index contributed by atoms with van der Waals surface area (Å²) in [6.07, 6.45) is 6.85. The lowest BCUT2D eigenvalue weighted by Gasteiger charge is -2.26. The highest BCUT2D eigenvalue weighted by atomic mass is 79.9. The molecule has 0 spiro atoms. The van der Waals surface area contributed by atoms with Gasteiger partial charge in [0.05, 0.1) is 12.7 Å². The van der Waals surface area contributed by atoms with E-state index in [0.29, 0.717) is 18.0 Å². The Balaban J connectivity index is 2.04. The van der Waals surface area contributed by atoms with Crippen LogP contribution in [0.2, 0.25) is 0 Å². The summed E-state index contributed by atoms with van der Waals surface area (Å²) in [7, 11) is 1.41. The van der Waals surface area contributed by atoms with Crippen LogP contribution in [0, 0.1) is 0 Å². The lowest BCUT2D eigenvalue weighted by atomic mass is 10.1. The van der Waals surface area contributed by atoms with Crippen LogP contribution in [-0.2, 0) is 9.53 Å². The number of hydrogen-bond donors (Lipinski definition) is 0. The van der Waals surface area contributed by atoms with Crippen molar-refractivity contribution in [3.8, 4) is 0 Å². The molecule has 2 rings (SSSR count). The van der Waals surface area contributed by atoms with Crippen molar-refractivity contribution in [2.24, 2.45) is 0 Å². The molecule has 1 aliphatic heterocycles. The second-order valence-corrected chi connectivity index (χ2v) is 6.06. The average Bonchev–Trinajstić information content (AvgIpc) is 2.95. The SMILES string of the molecule is COC(=O)CCC[C@@H]1CCCN1c1ncc(Br)cc1C=O. The van der Waals surface area contributed by atoms with E-state index in [9.17, 15) is 9.59 Å². The van der Waals surface area contributed by atoms with Crippen LogP contribution >= 0.6 is 15.9 Å². The number of carbonyl (C=O) groups excluding carboxylic acids is 2. The van der Waals surface area contributed by atoms with E-state index in [-0.39, 0.29) is 5.97 Å². The normalized spacial score (nSPS) is 17.8. The highest BCUT2D eigenvalue weighted by Gasteiger charge is 2.27. The zero-order valence-electron chi connectivity index (χ0n) is 12.0. The predicted octanol–water partition coefficient (Wildman–Crippen LogP) is 2.97. The average molecular weight is 355 g/mol. The summed E-state index contributed by atoms with van der Waals surface area (Å²) in [4.78, 5) is 29.0. The summed E-state index contributed by atoms with van der Waals surface area (Å²) in [5.74, 6) is 0.573. The standard InChI is InChI=1S/C15H19BrN2O3/c1-21-14(20)6-2-4-13-5-3-7-18(13)15-11(10-19)8-12(16)9-17-15/h8-10,13H,2-7H2,1H3/t13-/m1/s1. The first-order valence-corrected chi connectivity index (χ1v) is 7.89. The van der Waals surface area contributed by atoms with Gasteiger partial charge in [0.1, 0.15) is 5.82 Å². The molecule has 0 aromatic carbocycles. The van der Waals surface area contributed by atoms with Gasteiger partial charge in [-0.15, -0.1) is 0 Å². The number of ether oxygens (including phenoxy) is 1. The highest BCUT2D eigenvalue weighted by molar-refractivity contribution is 9.10. The molecular formula is C15H19BrN2O3. The van der Waals surface area contributed by atoms with Crippen LogP contribution in [0.25, 0.3) is 0 Å². The van der Waals surface area contributed by atoms with Crippen LogP contribution in [0.5, 0.6) is 0 Å². The van der Waals surface area contributed by atoms with Gasteiger partial charge in [-0.05, 0) is 47.7 Å². The van der Waals surface area contributed by atoms with Crippen molar-refractivity contribution >= 4 is 34.0 Å². The number of aldehydes is 1. The van der Waals surface area contributed by atoms with E-state index in [0.717, 1.165) is 48.8 Å². The van der Waals surface area contributed by atoms with Crippen LogP contribution in [0.1, 0.15) is 42.5 Å². The van der Waals surface area contributed by atoms with Gasteiger partial charge in [-0.3, -0.25) is 9.59 Å². The molecule has 1 saturated heterocycles. The molecule has 1 aromatic heterocycles. The van der Waals surface area contributed by atoms with E-state index in [4.69, 9.17) is 0 Å². The van der Waals surface area contributed by atoms with Gasteiger partial charge in [-0.25, -0.2) is 4.98 Å². The molecule has 1 atom stereocenters. The molecule has 1 aliphatic rings. The Morgan fingerprint density at radius 1 is 1.62 bits per heavy atom. The Kier molecular flexibility index (Phi) is 5.73. The predicted molar refractivity (Wildman–Crippen MR) is 83.6 cm³/mol. The maximum Gasteiger partial charge on any atom is 0.305 e. The van der Waals surface area contributed by atoms with Crippen LogP contribution in [0.4, 0.5) is 5.82 Å². The first-order chi connectivity index (χ1) is 10.2. The van der Waals surface area contributed by atoms with Gasteiger partial charge in [-0.2, -0.15) is 0 Å². The molecule has 0 saturated carbocycles. The molecule has 0 unspecified atom stereocenters. The molecule has 0 radical (unpaired) electrons. The van der Waals surface area contributed by atoms with Crippen molar-refractivity contribution in [2.45, 2.75) is 38.1 Å².